The number of hydrogen-bond donors (Lipinski definition) is 1. The number of carbonyl (C=O) groups is 3. The molecule has 1 rings (SSSR count). The van der Waals surface area contributed by atoms with Crippen LogP contribution in [0.25, 0.3) is 0 Å². The molecule has 0 aromatic heterocycles. The fourth-order valence-corrected chi connectivity index (χ4v) is 1.51. The SMILES string of the molecule is CCOC(=O)c1ccccc1NC(=O)CCC(=O)OC. The zero-order valence-corrected chi connectivity index (χ0v) is 11.5. The second-order valence-corrected chi connectivity index (χ2v) is 3.89. The van der Waals surface area contributed by atoms with Gasteiger partial charge in [0.1, 0.15) is 0 Å². The van der Waals surface area contributed by atoms with Crippen molar-refractivity contribution in [1.82, 2.24) is 0 Å². The Hall–Kier alpha value is -2.37. The molecule has 6 nitrogen and oxygen atoms in total. The summed E-state index contributed by atoms with van der Waals surface area (Å²) in [7, 11) is 1.26. The molecule has 108 valence electrons. The fraction of sp³-hybridized carbons (Fsp3) is 0.357. The molecule has 0 spiro atoms. The number of esters is 2. The smallest absolute Gasteiger partial charge is 0.340 e. The van der Waals surface area contributed by atoms with Crippen LogP contribution in [-0.4, -0.2) is 31.6 Å². The van der Waals surface area contributed by atoms with Crippen molar-refractivity contribution in [2.45, 2.75) is 19.8 Å². The summed E-state index contributed by atoms with van der Waals surface area (Å²) in [5.74, 6) is -1.33. The Kier molecular flexibility index (Phi) is 6.22. The zero-order chi connectivity index (χ0) is 15.0. The number of rotatable bonds is 6. The fourth-order valence-electron chi connectivity index (χ4n) is 1.51. The lowest BCUT2D eigenvalue weighted by Gasteiger charge is -2.10. The maximum Gasteiger partial charge on any atom is 0.340 e. The first-order valence-corrected chi connectivity index (χ1v) is 6.21. The highest BCUT2D eigenvalue weighted by atomic mass is 16.5. The summed E-state index contributed by atoms with van der Waals surface area (Å²) < 4.78 is 9.35. The second kappa shape index (κ2) is 7.93. The third kappa shape index (κ3) is 4.72. The van der Waals surface area contributed by atoms with Crippen molar-refractivity contribution in [2.24, 2.45) is 0 Å². The van der Waals surface area contributed by atoms with Crippen molar-refractivity contribution in [3.05, 3.63) is 29.8 Å². The maximum absolute atomic E-state index is 11.7. The van der Waals surface area contributed by atoms with Gasteiger partial charge >= 0.3 is 11.9 Å². The summed E-state index contributed by atoms with van der Waals surface area (Å²) in [6, 6.07) is 6.53. The molecule has 1 aromatic carbocycles. The van der Waals surface area contributed by atoms with Gasteiger partial charge in [0.05, 0.1) is 31.4 Å². The molecule has 0 aliphatic carbocycles. The first-order chi connectivity index (χ1) is 9.58. The highest BCUT2D eigenvalue weighted by Gasteiger charge is 2.14. The molecular weight excluding hydrogens is 262 g/mol. The summed E-state index contributed by atoms with van der Waals surface area (Å²) >= 11 is 0. The van der Waals surface area contributed by atoms with Gasteiger partial charge in [-0.2, -0.15) is 0 Å². The standard InChI is InChI=1S/C14H17NO5/c1-3-20-14(18)10-6-4-5-7-11(10)15-12(16)8-9-13(17)19-2/h4-7H,3,8-9H2,1-2H3,(H,15,16). The van der Waals surface area contributed by atoms with Gasteiger partial charge in [-0.05, 0) is 19.1 Å². The molecule has 0 aliphatic rings. The van der Waals surface area contributed by atoms with Gasteiger partial charge in [-0.15, -0.1) is 0 Å². The summed E-state index contributed by atoms with van der Waals surface area (Å²) in [5, 5.41) is 2.58. The van der Waals surface area contributed by atoms with Crippen LogP contribution < -0.4 is 5.32 Å². The van der Waals surface area contributed by atoms with Crippen LogP contribution in [0.15, 0.2) is 24.3 Å². The molecule has 6 heteroatoms. The predicted octanol–water partition coefficient (Wildman–Crippen LogP) is 1.75. The van der Waals surface area contributed by atoms with Crippen LogP contribution in [0.1, 0.15) is 30.1 Å². The Balaban J connectivity index is 2.69. The predicted molar refractivity (Wildman–Crippen MR) is 72.3 cm³/mol. The number of benzene rings is 1. The molecule has 0 heterocycles. The lowest BCUT2D eigenvalue weighted by Crippen LogP contribution is -2.17. The molecule has 0 saturated heterocycles. The van der Waals surface area contributed by atoms with Crippen LogP contribution in [0, 0.1) is 0 Å². The van der Waals surface area contributed by atoms with E-state index in [-0.39, 0.29) is 30.9 Å². The van der Waals surface area contributed by atoms with E-state index in [4.69, 9.17) is 4.74 Å². The van der Waals surface area contributed by atoms with E-state index in [0.717, 1.165) is 0 Å². The minimum atomic E-state index is -0.503. The number of anilines is 1. The monoisotopic (exact) mass is 279 g/mol. The number of ether oxygens (including phenoxy) is 2. The van der Waals surface area contributed by atoms with Crippen LogP contribution in [0.5, 0.6) is 0 Å². The van der Waals surface area contributed by atoms with Crippen molar-refractivity contribution in [3.63, 3.8) is 0 Å². The molecule has 1 aromatic rings. The van der Waals surface area contributed by atoms with Crippen LogP contribution in [0.3, 0.4) is 0 Å². The molecule has 0 radical (unpaired) electrons. The van der Waals surface area contributed by atoms with E-state index in [1.165, 1.54) is 7.11 Å². The van der Waals surface area contributed by atoms with Gasteiger partial charge in [0.25, 0.3) is 0 Å². The quantitative estimate of drug-likeness (QED) is 0.802. The van der Waals surface area contributed by atoms with Crippen molar-refractivity contribution < 1.29 is 23.9 Å². The second-order valence-electron chi connectivity index (χ2n) is 3.89. The Morgan fingerprint density at radius 3 is 2.50 bits per heavy atom. The van der Waals surface area contributed by atoms with E-state index in [9.17, 15) is 14.4 Å². The van der Waals surface area contributed by atoms with Gasteiger partial charge in [-0.3, -0.25) is 9.59 Å². The van der Waals surface area contributed by atoms with E-state index >= 15 is 0 Å². The van der Waals surface area contributed by atoms with Crippen LogP contribution >= 0.6 is 0 Å². The molecule has 0 saturated carbocycles. The Morgan fingerprint density at radius 1 is 1.15 bits per heavy atom. The Labute approximate surface area is 117 Å². The highest BCUT2D eigenvalue weighted by molar-refractivity contribution is 6.01. The van der Waals surface area contributed by atoms with E-state index in [1.54, 1.807) is 31.2 Å². The van der Waals surface area contributed by atoms with Crippen molar-refractivity contribution in [1.29, 1.82) is 0 Å². The van der Waals surface area contributed by atoms with Gasteiger partial charge in [0.15, 0.2) is 0 Å². The van der Waals surface area contributed by atoms with Crippen molar-refractivity contribution in [2.75, 3.05) is 19.0 Å². The van der Waals surface area contributed by atoms with Crippen LogP contribution in [0.4, 0.5) is 5.69 Å². The molecule has 0 fully saturated rings. The van der Waals surface area contributed by atoms with Gasteiger partial charge in [-0.25, -0.2) is 4.79 Å². The molecule has 0 bridgehead atoms. The first kappa shape index (κ1) is 15.7. The average Bonchev–Trinajstić information content (AvgIpc) is 2.45. The number of carbonyl (C=O) groups excluding carboxylic acids is 3. The Morgan fingerprint density at radius 2 is 1.85 bits per heavy atom. The summed E-state index contributed by atoms with van der Waals surface area (Å²) in [6.07, 6.45) is -0.0201. The number of hydrogen-bond acceptors (Lipinski definition) is 5. The lowest BCUT2D eigenvalue weighted by atomic mass is 10.1. The van der Waals surface area contributed by atoms with Crippen molar-refractivity contribution in [3.8, 4) is 0 Å². The summed E-state index contributed by atoms with van der Waals surface area (Å²) in [6.45, 7) is 1.96. The Bertz CT molecular complexity index is 498. The van der Waals surface area contributed by atoms with Gasteiger partial charge in [0, 0.05) is 6.42 Å². The molecule has 0 unspecified atom stereocenters. The third-order valence-electron chi connectivity index (χ3n) is 2.48. The van der Waals surface area contributed by atoms with Gasteiger partial charge in [-0.1, -0.05) is 12.1 Å². The van der Waals surface area contributed by atoms with Crippen LogP contribution in [0.2, 0.25) is 0 Å². The number of methoxy groups -OCH3 is 1. The minimum Gasteiger partial charge on any atom is -0.469 e. The molecule has 0 atom stereocenters. The molecule has 1 amide bonds. The van der Waals surface area contributed by atoms with E-state index in [0.29, 0.717) is 5.69 Å². The molecule has 20 heavy (non-hydrogen) atoms. The van der Waals surface area contributed by atoms with E-state index in [2.05, 4.69) is 10.1 Å². The minimum absolute atomic E-state index is 0.0100. The number of para-hydroxylation sites is 1. The van der Waals surface area contributed by atoms with Gasteiger partial charge < -0.3 is 14.8 Å². The first-order valence-electron chi connectivity index (χ1n) is 6.21. The van der Waals surface area contributed by atoms with Crippen molar-refractivity contribution >= 4 is 23.5 Å². The number of nitrogens with one attached hydrogen (secondary N) is 1. The maximum atomic E-state index is 11.7. The molecule has 0 aliphatic heterocycles. The molecule has 1 N–H and O–H groups in total. The largest absolute Gasteiger partial charge is 0.469 e. The molecular formula is C14H17NO5. The average molecular weight is 279 g/mol. The van der Waals surface area contributed by atoms with E-state index in [1.807, 2.05) is 0 Å². The number of amides is 1. The van der Waals surface area contributed by atoms with Crippen LogP contribution in [-0.2, 0) is 19.1 Å². The normalized spacial score (nSPS) is 9.70. The highest BCUT2D eigenvalue weighted by Crippen LogP contribution is 2.16. The summed E-state index contributed by atoms with van der Waals surface area (Å²) in [4.78, 5) is 34.4. The summed E-state index contributed by atoms with van der Waals surface area (Å²) in [5.41, 5.74) is 0.640. The topological polar surface area (TPSA) is 81.7 Å². The lowest BCUT2D eigenvalue weighted by molar-refractivity contribution is -0.141. The van der Waals surface area contributed by atoms with Gasteiger partial charge in [0.2, 0.25) is 5.91 Å². The van der Waals surface area contributed by atoms with E-state index < -0.39 is 11.9 Å². The zero-order valence-electron chi connectivity index (χ0n) is 11.5. The third-order valence-corrected chi connectivity index (χ3v) is 2.48.